The molecule has 0 aliphatic carbocycles. The van der Waals surface area contributed by atoms with E-state index in [9.17, 15) is 4.79 Å². The van der Waals surface area contributed by atoms with Crippen LogP contribution in [0.4, 0.5) is 0 Å². The molecule has 0 unspecified atom stereocenters. The van der Waals surface area contributed by atoms with Gasteiger partial charge in [0.05, 0.1) is 0 Å². The molecule has 0 aromatic heterocycles. The molecule has 4 heteroatoms. The first-order chi connectivity index (χ1) is 4.81. The standard InChI is InChI=1S/C6H14N2O2/c7-4-2-1-3-6(8)10-5-9/h5-6H,1-4,7-8H2/t6-/m0/s1. The van der Waals surface area contributed by atoms with Crippen LogP contribution in [0.15, 0.2) is 0 Å². The quantitative estimate of drug-likeness (QED) is 0.303. The lowest BCUT2D eigenvalue weighted by atomic mass is 10.2. The summed E-state index contributed by atoms with van der Waals surface area (Å²) >= 11 is 0. The van der Waals surface area contributed by atoms with Crippen LogP contribution in [0, 0.1) is 0 Å². The molecule has 60 valence electrons. The molecule has 4 nitrogen and oxygen atoms in total. The first-order valence-corrected chi connectivity index (χ1v) is 3.36. The first kappa shape index (κ1) is 9.39. The molecule has 10 heavy (non-hydrogen) atoms. The van der Waals surface area contributed by atoms with Crippen LogP contribution in [0.3, 0.4) is 0 Å². The van der Waals surface area contributed by atoms with Gasteiger partial charge in [-0.05, 0) is 25.8 Å². The Bertz CT molecular complexity index is 87.8. The Labute approximate surface area is 60.5 Å². The topological polar surface area (TPSA) is 78.3 Å². The van der Waals surface area contributed by atoms with Crippen LogP contribution in [0.2, 0.25) is 0 Å². The van der Waals surface area contributed by atoms with Crippen LogP contribution in [-0.4, -0.2) is 19.2 Å². The number of carbonyl (C=O) groups is 1. The number of rotatable bonds is 6. The van der Waals surface area contributed by atoms with E-state index in [4.69, 9.17) is 11.5 Å². The Kier molecular flexibility index (Phi) is 6.11. The number of ether oxygens (including phenoxy) is 1. The number of carbonyl (C=O) groups excluding carboxylic acids is 1. The minimum absolute atomic E-state index is 0.368. The molecule has 0 radical (unpaired) electrons. The smallest absolute Gasteiger partial charge is 0.294 e. The third-order valence-electron chi connectivity index (χ3n) is 1.17. The van der Waals surface area contributed by atoms with E-state index in [1.54, 1.807) is 0 Å². The Balaban J connectivity index is 3.04. The fourth-order valence-corrected chi connectivity index (χ4v) is 0.629. The first-order valence-electron chi connectivity index (χ1n) is 3.36. The molecule has 0 amide bonds. The van der Waals surface area contributed by atoms with Gasteiger partial charge in [-0.3, -0.25) is 10.5 Å². The predicted molar refractivity (Wildman–Crippen MR) is 38.0 cm³/mol. The van der Waals surface area contributed by atoms with Crippen molar-refractivity contribution in [2.45, 2.75) is 25.5 Å². The van der Waals surface area contributed by atoms with Crippen molar-refractivity contribution in [3.63, 3.8) is 0 Å². The summed E-state index contributed by atoms with van der Waals surface area (Å²) in [6.45, 7) is 1.03. The average Bonchev–Trinajstić information content (AvgIpc) is 1.89. The molecule has 0 saturated heterocycles. The van der Waals surface area contributed by atoms with Crippen LogP contribution in [0.1, 0.15) is 19.3 Å². The number of unbranched alkanes of at least 4 members (excludes halogenated alkanes) is 1. The molecular formula is C6H14N2O2. The summed E-state index contributed by atoms with van der Waals surface area (Å²) in [7, 11) is 0. The summed E-state index contributed by atoms with van der Waals surface area (Å²) < 4.78 is 4.44. The van der Waals surface area contributed by atoms with Crippen molar-refractivity contribution in [2.24, 2.45) is 11.5 Å². The van der Waals surface area contributed by atoms with E-state index in [2.05, 4.69) is 4.74 Å². The van der Waals surface area contributed by atoms with Crippen molar-refractivity contribution >= 4 is 6.47 Å². The predicted octanol–water partition coefficient (Wildman–Crippen LogP) is -0.427. The molecule has 4 N–H and O–H groups in total. The summed E-state index contributed by atoms with van der Waals surface area (Å²) in [5.74, 6) is 0. The van der Waals surface area contributed by atoms with E-state index in [0.29, 0.717) is 19.4 Å². The maximum atomic E-state index is 9.72. The van der Waals surface area contributed by atoms with Crippen molar-refractivity contribution in [2.75, 3.05) is 6.54 Å². The molecule has 0 spiro atoms. The second kappa shape index (κ2) is 6.51. The van der Waals surface area contributed by atoms with Crippen LogP contribution in [0.5, 0.6) is 0 Å². The van der Waals surface area contributed by atoms with E-state index in [1.807, 2.05) is 0 Å². The highest BCUT2D eigenvalue weighted by Gasteiger charge is 1.99. The molecule has 0 aromatic rings. The Morgan fingerprint density at radius 2 is 2.20 bits per heavy atom. The van der Waals surface area contributed by atoms with Gasteiger partial charge in [-0.15, -0.1) is 0 Å². The van der Waals surface area contributed by atoms with Crippen LogP contribution >= 0.6 is 0 Å². The Hall–Kier alpha value is -0.610. The molecule has 0 rings (SSSR count). The highest BCUT2D eigenvalue weighted by molar-refractivity contribution is 5.37. The number of hydrogen-bond donors (Lipinski definition) is 2. The molecule has 0 saturated carbocycles. The summed E-state index contributed by atoms with van der Waals surface area (Å²) in [6.07, 6.45) is 2.07. The minimum atomic E-state index is -0.455. The molecule has 0 aliphatic rings. The summed E-state index contributed by atoms with van der Waals surface area (Å²) in [4.78, 5) is 9.72. The van der Waals surface area contributed by atoms with Crippen molar-refractivity contribution in [3.8, 4) is 0 Å². The van der Waals surface area contributed by atoms with Crippen LogP contribution < -0.4 is 11.5 Å². The maximum Gasteiger partial charge on any atom is 0.294 e. The number of nitrogens with two attached hydrogens (primary N) is 2. The fraction of sp³-hybridized carbons (Fsp3) is 0.833. The Morgan fingerprint density at radius 1 is 1.50 bits per heavy atom. The second-order valence-corrected chi connectivity index (χ2v) is 2.06. The maximum absolute atomic E-state index is 9.72. The molecule has 0 aromatic carbocycles. The lowest BCUT2D eigenvalue weighted by Crippen LogP contribution is -2.23. The third-order valence-corrected chi connectivity index (χ3v) is 1.17. The molecule has 0 fully saturated rings. The SMILES string of the molecule is NCCCC[C@@H](N)OC=O. The van der Waals surface area contributed by atoms with E-state index >= 15 is 0 Å². The average molecular weight is 146 g/mol. The lowest BCUT2D eigenvalue weighted by Gasteiger charge is -2.07. The minimum Gasteiger partial charge on any atom is -0.449 e. The zero-order chi connectivity index (χ0) is 7.82. The third kappa shape index (κ3) is 5.53. The molecule has 0 bridgehead atoms. The van der Waals surface area contributed by atoms with Gasteiger partial charge < -0.3 is 10.5 Å². The van der Waals surface area contributed by atoms with Gasteiger partial charge in [0, 0.05) is 0 Å². The van der Waals surface area contributed by atoms with Gasteiger partial charge >= 0.3 is 0 Å². The normalized spacial score (nSPS) is 12.6. The van der Waals surface area contributed by atoms with Crippen molar-refractivity contribution < 1.29 is 9.53 Å². The van der Waals surface area contributed by atoms with Crippen LogP contribution in [0.25, 0.3) is 0 Å². The van der Waals surface area contributed by atoms with Crippen molar-refractivity contribution in [3.05, 3.63) is 0 Å². The van der Waals surface area contributed by atoms with E-state index < -0.39 is 6.23 Å². The van der Waals surface area contributed by atoms with E-state index in [-0.39, 0.29) is 0 Å². The van der Waals surface area contributed by atoms with Crippen molar-refractivity contribution in [1.29, 1.82) is 0 Å². The van der Waals surface area contributed by atoms with Gasteiger partial charge in [0.1, 0.15) is 0 Å². The largest absolute Gasteiger partial charge is 0.449 e. The van der Waals surface area contributed by atoms with E-state index in [1.165, 1.54) is 0 Å². The Morgan fingerprint density at radius 3 is 2.70 bits per heavy atom. The fourth-order valence-electron chi connectivity index (χ4n) is 0.629. The van der Waals surface area contributed by atoms with Crippen molar-refractivity contribution in [1.82, 2.24) is 0 Å². The highest BCUT2D eigenvalue weighted by Crippen LogP contribution is 1.97. The zero-order valence-electron chi connectivity index (χ0n) is 5.95. The van der Waals surface area contributed by atoms with Gasteiger partial charge in [-0.1, -0.05) is 0 Å². The summed E-state index contributed by atoms with van der Waals surface area (Å²) in [5, 5.41) is 0. The number of hydrogen-bond acceptors (Lipinski definition) is 4. The highest BCUT2D eigenvalue weighted by atomic mass is 16.5. The summed E-state index contributed by atoms with van der Waals surface area (Å²) in [6, 6.07) is 0. The van der Waals surface area contributed by atoms with Gasteiger partial charge in [0.25, 0.3) is 6.47 Å². The lowest BCUT2D eigenvalue weighted by molar-refractivity contribution is -0.133. The summed E-state index contributed by atoms with van der Waals surface area (Å²) in [5.41, 5.74) is 10.6. The van der Waals surface area contributed by atoms with Gasteiger partial charge in [-0.2, -0.15) is 0 Å². The molecule has 0 heterocycles. The van der Waals surface area contributed by atoms with Crippen LogP contribution in [-0.2, 0) is 9.53 Å². The molecule has 1 atom stereocenters. The van der Waals surface area contributed by atoms with Gasteiger partial charge in [-0.25, -0.2) is 0 Å². The molecular weight excluding hydrogens is 132 g/mol. The van der Waals surface area contributed by atoms with Gasteiger partial charge in [0.2, 0.25) is 0 Å². The monoisotopic (exact) mass is 146 g/mol. The second-order valence-electron chi connectivity index (χ2n) is 2.06. The zero-order valence-corrected chi connectivity index (χ0v) is 5.95. The van der Waals surface area contributed by atoms with Gasteiger partial charge in [0.15, 0.2) is 6.23 Å². The molecule has 0 aliphatic heterocycles. The van der Waals surface area contributed by atoms with E-state index in [0.717, 1.165) is 12.8 Å².